The number of aryl methyl sites for hydroxylation is 1. The molecular weight excluding hydrogens is 150 g/mol. The number of anilines is 1. The van der Waals surface area contributed by atoms with Gasteiger partial charge in [-0.2, -0.15) is 5.10 Å². The number of rotatable bonds is 2. The molecule has 0 aliphatic rings. The van der Waals surface area contributed by atoms with Crippen molar-refractivity contribution in [2.45, 2.75) is 27.7 Å². The minimum Gasteiger partial charge on any atom is -0.369 e. The van der Waals surface area contributed by atoms with Crippen LogP contribution in [0.1, 0.15) is 23.7 Å². The van der Waals surface area contributed by atoms with Gasteiger partial charge < -0.3 is 5.32 Å². The van der Waals surface area contributed by atoms with Gasteiger partial charge in [-0.05, 0) is 38.8 Å². The van der Waals surface area contributed by atoms with Crippen LogP contribution in [0.3, 0.4) is 0 Å². The van der Waals surface area contributed by atoms with E-state index in [0.29, 0.717) is 0 Å². The quantitative estimate of drug-likeness (QED) is 0.726. The predicted molar refractivity (Wildman–Crippen MR) is 50.4 cm³/mol. The zero-order chi connectivity index (χ0) is 9.14. The predicted octanol–water partition coefficient (Wildman–Crippen LogP) is 1.83. The summed E-state index contributed by atoms with van der Waals surface area (Å²) in [6.07, 6.45) is 0. The lowest BCUT2D eigenvalue weighted by Crippen LogP contribution is -2.05. The van der Waals surface area contributed by atoms with Crippen LogP contribution in [0, 0.1) is 20.8 Å². The highest BCUT2D eigenvalue weighted by molar-refractivity contribution is 5.47. The maximum absolute atomic E-state index is 4.07. The second kappa shape index (κ2) is 3.52. The molecule has 0 aliphatic heterocycles. The van der Waals surface area contributed by atoms with Gasteiger partial charge in [-0.15, -0.1) is 5.10 Å². The summed E-state index contributed by atoms with van der Waals surface area (Å²) in [6, 6.07) is 0. The van der Waals surface area contributed by atoms with Gasteiger partial charge in [0.15, 0.2) is 5.82 Å². The number of nitrogens with one attached hydrogen (secondary N) is 1. The summed E-state index contributed by atoms with van der Waals surface area (Å²) in [5, 5.41) is 11.3. The Hall–Kier alpha value is -1.12. The molecule has 3 heteroatoms. The average Bonchev–Trinajstić information content (AvgIpc) is 2.07. The first-order chi connectivity index (χ1) is 5.66. The Kier molecular flexibility index (Phi) is 2.63. The summed E-state index contributed by atoms with van der Waals surface area (Å²) in [5.41, 5.74) is 3.43. The summed E-state index contributed by atoms with van der Waals surface area (Å²) < 4.78 is 0. The van der Waals surface area contributed by atoms with Gasteiger partial charge in [-0.3, -0.25) is 0 Å². The molecule has 0 aliphatic carbocycles. The molecule has 0 spiro atoms. The van der Waals surface area contributed by atoms with Gasteiger partial charge >= 0.3 is 0 Å². The van der Waals surface area contributed by atoms with Crippen molar-refractivity contribution >= 4 is 5.82 Å². The van der Waals surface area contributed by atoms with Gasteiger partial charge in [-0.25, -0.2) is 0 Å². The Labute approximate surface area is 73.2 Å². The first-order valence-corrected chi connectivity index (χ1v) is 4.21. The lowest BCUT2D eigenvalue weighted by atomic mass is 10.1. The lowest BCUT2D eigenvalue weighted by Gasteiger charge is -2.08. The molecule has 0 atom stereocenters. The summed E-state index contributed by atoms with van der Waals surface area (Å²) in [7, 11) is 0. The van der Waals surface area contributed by atoms with E-state index >= 15 is 0 Å². The fourth-order valence-corrected chi connectivity index (χ4v) is 1.06. The van der Waals surface area contributed by atoms with Crippen molar-refractivity contribution in [2.75, 3.05) is 11.9 Å². The summed E-state index contributed by atoms with van der Waals surface area (Å²) >= 11 is 0. The van der Waals surface area contributed by atoms with Crippen LogP contribution >= 0.6 is 0 Å². The van der Waals surface area contributed by atoms with E-state index in [1.807, 2.05) is 6.92 Å². The fraction of sp³-hybridized carbons (Fsp3) is 0.556. The van der Waals surface area contributed by atoms with E-state index in [4.69, 9.17) is 0 Å². The Morgan fingerprint density at radius 1 is 1.08 bits per heavy atom. The SMILES string of the molecule is CCNc1nnc(C)c(C)c1C. The molecule has 1 aromatic rings. The van der Waals surface area contributed by atoms with Crippen molar-refractivity contribution in [3.05, 3.63) is 16.8 Å². The first kappa shape index (κ1) is 8.97. The van der Waals surface area contributed by atoms with Crippen molar-refractivity contribution in [1.82, 2.24) is 10.2 Å². The standard InChI is InChI=1S/C9H15N3/c1-5-10-9-7(3)6(2)8(4)11-12-9/h5H2,1-4H3,(H,10,12). The van der Waals surface area contributed by atoms with Crippen LogP contribution in [0.5, 0.6) is 0 Å². The van der Waals surface area contributed by atoms with Crippen molar-refractivity contribution in [1.29, 1.82) is 0 Å². The van der Waals surface area contributed by atoms with Crippen molar-refractivity contribution in [3.63, 3.8) is 0 Å². The molecule has 1 N–H and O–H groups in total. The van der Waals surface area contributed by atoms with Gasteiger partial charge in [-0.1, -0.05) is 0 Å². The van der Waals surface area contributed by atoms with E-state index in [2.05, 4.69) is 36.3 Å². The summed E-state index contributed by atoms with van der Waals surface area (Å²) in [6.45, 7) is 9.05. The topological polar surface area (TPSA) is 37.8 Å². The third kappa shape index (κ3) is 1.55. The maximum atomic E-state index is 4.07. The van der Waals surface area contributed by atoms with E-state index in [1.165, 1.54) is 11.1 Å². The van der Waals surface area contributed by atoms with Crippen LogP contribution in [0.15, 0.2) is 0 Å². The van der Waals surface area contributed by atoms with Gasteiger partial charge in [0, 0.05) is 6.54 Å². The molecule has 0 aromatic carbocycles. The van der Waals surface area contributed by atoms with E-state index in [9.17, 15) is 0 Å². The molecule has 1 aromatic heterocycles. The summed E-state index contributed by atoms with van der Waals surface area (Å²) in [4.78, 5) is 0. The monoisotopic (exact) mass is 165 g/mol. The molecule has 0 radical (unpaired) electrons. The first-order valence-electron chi connectivity index (χ1n) is 4.21. The molecule has 66 valence electrons. The smallest absolute Gasteiger partial charge is 0.151 e. The van der Waals surface area contributed by atoms with Crippen molar-refractivity contribution in [3.8, 4) is 0 Å². The maximum Gasteiger partial charge on any atom is 0.151 e. The van der Waals surface area contributed by atoms with Gasteiger partial charge in [0.2, 0.25) is 0 Å². The minimum absolute atomic E-state index is 0.887. The van der Waals surface area contributed by atoms with Crippen LogP contribution in [-0.4, -0.2) is 16.7 Å². The van der Waals surface area contributed by atoms with Crippen LogP contribution in [0.2, 0.25) is 0 Å². The molecule has 3 nitrogen and oxygen atoms in total. The third-order valence-electron chi connectivity index (χ3n) is 2.10. The molecule has 1 heterocycles. The second-order valence-electron chi connectivity index (χ2n) is 2.91. The summed E-state index contributed by atoms with van der Waals surface area (Å²) in [5.74, 6) is 0.903. The molecule has 1 rings (SSSR count). The molecule has 0 saturated carbocycles. The Morgan fingerprint density at radius 2 is 1.75 bits per heavy atom. The highest BCUT2D eigenvalue weighted by Crippen LogP contribution is 2.15. The molecule has 12 heavy (non-hydrogen) atoms. The van der Waals surface area contributed by atoms with Gasteiger partial charge in [0.25, 0.3) is 0 Å². The van der Waals surface area contributed by atoms with Gasteiger partial charge in [0.05, 0.1) is 5.69 Å². The molecule has 0 fully saturated rings. The zero-order valence-corrected chi connectivity index (χ0v) is 8.10. The molecule has 0 unspecified atom stereocenters. The molecule has 0 amide bonds. The average molecular weight is 165 g/mol. The molecule has 0 bridgehead atoms. The van der Waals surface area contributed by atoms with E-state index in [1.54, 1.807) is 0 Å². The van der Waals surface area contributed by atoms with E-state index < -0.39 is 0 Å². The van der Waals surface area contributed by atoms with Gasteiger partial charge in [0.1, 0.15) is 0 Å². The third-order valence-corrected chi connectivity index (χ3v) is 2.10. The Morgan fingerprint density at radius 3 is 2.33 bits per heavy atom. The normalized spacial score (nSPS) is 10.0. The number of aromatic nitrogens is 2. The van der Waals surface area contributed by atoms with Crippen LogP contribution in [0.4, 0.5) is 5.82 Å². The Balaban J connectivity index is 3.08. The highest BCUT2D eigenvalue weighted by atomic mass is 15.2. The number of hydrogen-bond donors (Lipinski definition) is 1. The van der Waals surface area contributed by atoms with E-state index in [0.717, 1.165) is 18.1 Å². The lowest BCUT2D eigenvalue weighted by molar-refractivity contribution is 0.937. The molecular formula is C9H15N3. The second-order valence-corrected chi connectivity index (χ2v) is 2.91. The van der Waals surface area contributed by atoms with Crippen LogP contribution in [-0.2, 0) is 0 Å². The van der Waals surface area contributed by atoms with Crippen molar-refractivity contribution < 1.29 is 0 Å². The van der Waals surface area contributed by atoms with Crippen LogP contribution < -0.4 is 5.32 Å². The minimum atomic E-state index is 0.887. The zero-order valence-electron chi connectivity index (χ0n) is 8.10. The largest absolute Gasteiger partial charge is 0.369 e. The number of nitrogens with zero attached hydrogens (tertiary/aromatic N) is 2. The Bertz CT molecular complexity index is 281. The fourth-order valence-electron chi connectivity index (χ4n) is 1.06. The highest BCUT2D eigenvalue weighted by Gasteiger charge is 2.04. The molecule has 0 saturated heterocycles. The van der Waals surface area contributed by atoms with Crippen LogP contribution in [0.25, 0.3) is 0 Å². The van der Waals surface area contributed by atoms with Crippen molar-refractivity contribution in [2.24, 2.45) is 0 Å². The van der Waals surface area contributed by atoms with E-state index in [-0.39, 0.29) is 0 Å². The number of hydrogen-bond acceptors (Lipinski definition) is 3.